The first-order valence-corrected chi connectivity index (χ1v) is 6.45. The van der Waals surface area contributed by atoms with Gasteiger partial charge in [-0.25, -0.2) is 0 Å². The highest BCUT2D eigenvalue weighted by Gasteiger charge is 2.04. The van der Waals surface area contributed by atoms with Crippen LogP contribution in [0.4, 0.5) is 0 Å². The molecule has 0 unspecified atom stereocenters. The number of rotatable bonds is 3. The van der Waals surface area contributed by atoms with Crippen LogP contribution >= 0.6 is 0 Å². The molecule has 2 nitrogen and oxygen atoms in total. The predicted molar refractivity (Wildman–Crippen MR) is 40.3 cm³/mol. The molecule has 0 aromatic heterocycles. The molecule has 0 fully saturated rings. The van der Waals surface area contributed by atoms with Crippen LogP contribution < -0.4 is 0 Å². The molecule has 0 aliphatic rings. The van der Waals surface area contributed by atoms with E-state index in [0.29, 0.717) is 12.7 Å². The van der Waals surface area contributed by atoms with Crippen molar-refractivity contribution in [3.63, 3.8) is 0 Å². The van der Waals surface area contributed by atoms with Gasteiger partial charge in [-0.05, 0) is 6.92 Å². The average Bonchev–Trinajstić information content (AvgIpc) is 1.63. The number of esters is 1. The minimum atomic E-state index is -0.735. The molecule has 0 heterocycles. The van der Waals surface area contributed by atoms with E-state index in [1.54, 1.807) is 0 Å². The van der Waals surface area contributed by atoms with E-state index in [-0.39, 0.29) is 5.97 Å². The van der Waals surface area contributed by atoms with Gasteiger partial charge in [0.25, 0.3) is 0 Å². The maximum atomic E-state index is 10.7. The quantitative estimate of drug-likeness (QED) is 0.439. The highest BCUT2D eigenvalue weighted by atomic mass is 28.3. The molecule has 0 spiro atoms. The Labute approximate surface area is 57.8 Å². The van der Waals surface area contributed by atoms with E-state index in [4.69, 9.17) is 4.74 Å². The van der Waals surface area contributed by atoms with Crippen LogP contribution in [0.15, 0.2) is 0 Å². The van der Waals surface area contributed by atoms with Gasteiger partial charge in [-0.1, -0.05) is 13.1 Å². The second kappa shape index (κ2) is 4.55. The lowest BCUT2D eigenvalue weighted by molar-refractivity contribution is -0.140. The summed E-state index contributed by atoms with van der Waals surface area (Å²) in [6.45, 7) is 6.62. The maximum Gasteiger partial charge on any atom is 0.302 e. The lowest BCUT2D eigenvalue weighted by Gasteiger charge is -2.01. The van der Waals surface area contributed by atoms with Crippen molar-refractivity contribution in [2.24, 2.45) is 0 Å². The van der Waals surface area contributed by atoms with Crippen LogP contribution in [0.3, 0.4) is 0 Å². The molecule has 0 amide bonds. The van der Waals surface area contributed by atoms with Gasteiger partial charge in [-0.3, -0.25) is 4.79 Å². The summed E-state index contributed by atoms with van der Waals surface area (Å²) < 4.78 is 4.75. The van der Waals surface area contributed by atoms with Gasteiger partial charge in [0, 0.05) is 14.8 Å². The second-order valence-electron chi connectivity index (χ2n) is 2.40. The van der Waals surface area contributed by atoms with Crippen molar-refractivity contribution in [1.82, 2.24) is 0 Å². The van der Waals surface area contributed by atoms with Gasteiger partial charge >= 0.3 is 5.97 Å². The third-order valence-corrected chi connectivity index (χ3v) is 2.03. The molecule has 0 aliphatic heterocycles. The van der Waals surface area contributed by atoms with Gasteiger partial charge in [-0.15, -0.1) is 0 Å². The minimum Gasteiger partial charge on any atom is -0.466 e. The number of ether oxygens (including phenoxy) is 1. The lowest BCUT2D eigenvalue weighted by Crippen LogP contribution is -2.11. The summed E-state index contributed by atoms with van der Waals surface area (Å²) in [5.74, 6) is -0.0285. The standard InChI is InChI=1S/C6H14O2Si/c1-4-8-6(7)5-9(2)3/h9H,4-5H2,1-3H3. The van der Waals surface area contributed by atoms with E-state index < -0.39 is 8.80 Å². The molecule has 0 saturated heterocycles. The van der Waals surface area contributed by atoms with Gasteiger partial charge in [0.1, 0.15) is 0 Å². The Kier molecular flexibility index (Phi) is 4.40. The van der Waals surface area contributed by atoms with Crippen LogP contribution in [0.5, 0.6) is 0 Å². The Morgan fingerprint density at radius 2 is 2.11 bits per heavy atom. The van der Waals surface area contributed by atoms with Crippen LogP contribution in [0, 0.1) is 0 Å². The van der Waals surface area contributed by atoms with E-state index in [0.717, 1.165) is 0 Å². The molecular formula is C6H14O2Si. The summed E-state index contributed by atoms with van der Waals surface area (Å²) in [5.41, 5.74) is 0. The normalized spacial score (nSPS) is 9.78. The summed E-state index contributed by atoms with van der Waals surface area (Å²) in [5, 5.41) is 0. The van der Waals surface area contributed by atoms with Gasteiger partial charge < -0.3 is 4.74 Å². The van der Waals surface area contributed by atoms with Crippen molar-refractivity contribution in [1.29, 1.82) is 0 Å². The Morgan fingerprint density at radius 1 is 1.56 bits per heavy atom. The third-order valence-electron chi connectivity index (χ3n) is 0.880. The molecule has 54 valence electrons. The number of carbonyl (C=O) groups is 1. The second-order valence-corrected chi connectivity index (χ2v) is 5.60. The zero-order valence-electron chi connectivity index (χ0n) is 6.31. The topological polar surface area (TPSA) is 26.3 Å². The minimum absolute atomic E-state index is 0.0285. The van der Waals surface area contributed by atoms with E-state index >= 15 is 0 Å². The van der Waals surface area contributed by atoms with E-state index in [9.17, 15) is 4.79 Å². The van der Waals surface area contributed by atoms with Gasteiger partial charge in [0.15, 0.2) is 0 Å². The first kappa shape index (κ1) is 8.69. The zero-order chi connectivity index (χ0) is 7.28. The molecule has 0 rings (SSSR count). The maximum absolute atomic E-state index is 10.7. The number of hydrogen-bond acceptors (Lipinski definition) is 2. The van der Waals surface area contributed by atoms with Crippen LogP contribution in [0.25, 0.3) is 0 Å². The predicted octanol–water partition coefficient (Wildman–Crippen LogP) is 1.04. The SMILES string of the molecule is CCOC(=O)C[SiH](C)C. The fraction of sp³-hybridized carbons (Fsp3) is 0.833. The molecule has 0 aromatic carbocycles. The van der Waals surface area contributed by atoms with Crippen molar-refractivity contribution >= 4 is 14.8 Å². The first-order chi connectivity index (χ1) is 4.16. The molecule has 9 heavy (non-hydrogen) atoms. The summed E-state index contributed by atoms with van der Waals surface area (Å²) in [6, 6.07) is 0.674. The largest absolute Gasteiger partial charge is 0.466 e. The van der Waals surface area contributed by atoms with Crippen molar-refractivity contribution < 1.29 is 9.53 Å². The van der Waals surface area contributed by atoms with Crippen LogP contribution in [-0.2, 0) is 9.53 Å². The summed E-state index contributed by atoms with van der Waals surface area (Å²) >= 11 is 0. The number of hydrogen-bond donors (Lipinski definition) is 0. The monoisotopic (exact) mass is 146 g/mol. The lowest BCUT2D eigenvalue weighted by atomic mass is 10.8. The Hall–Kier alpha value is -0.313. The molecule has 0 bridgehead atoms. The molecule has 0 aliphatic carbocycles. The van der Waals surface area contributed by atoms with Crippen LogP contribution in [0.1, 0.15) is 6.92 Å². The van der Waals surface area contributed by atoms with Gasteiger partial charge in [0.2, 0.25) is 0 Å². The van der Waals surface area contributed by atoms with Crippen molar-refractivity contribution in [3.05, 3.63) is 0 Å². The molecule has 0 atom stereocenters. The molecule has 0 aromatic rings. The van der Waals surface area contributed by atoms with Crippen molar-refractivity contribution in [3.8, 4) is 0 Å². The van der Waals surface area contributed by atoms with Gasteiger partial charge in [-0.2, -0.15) is 0 Å². The Balaban J connectivity index is 3.27. The van der Waals surface area contributed by atoms with Crippen molar-refractivity contribution in [2.45, 2.75) is 26.1 Å². The highest BCUT2D eigenvalue weighted by Crippen LogP contribution is 1.93. The first-order valence-electron chi connectivity index (χ1n) is 3.32. The zero-order valence-corrected chi connectivity index (χ0v) is 7.46. The highest BCUT2D eigenvalue weighted by molar-refractivity contribution is 6.59. The van der Waals surface area contributed by atoms with E-state index in [2.05, 4.69) is 13.1 Å². The summed E-state index contributed by atoms with van der Waals surface area (Å²) in [4.78, 5) is 10.7. The Bertz CT molecular complexity index is 91.1. The van der Waals surface area contributed by atoms with E-state index in [1.807, 2.05) is 6.92 Å². The molecule has 3 heteroatoms. The fourth-order valence-electron chi connectivity index (χ4n) is 0.553. The average molecular weight is 146 g/mol. The third kappa shape index (κ3) is 5.56. The van der Waals surface area contributed by atoms with E-state index in [1.165, 1.54) is 0 Å². The van der Waals surface area contributed by atoms with Crippen molar-refractivity contribution in [2.75, 3.05) is 6.61 Å². The fourth-order valence-corrected chi connectivity index (χ4v) is 1.34. The summed E-state index contributed by atoms with van der Waals surface area (Å²) in [7, 11) is -0.735. The summed E-state index contributed by atoms with van der Waals surface area (Å²) in [6.07, 6.45) is 0. The van der Waals surface area contributed by atoms with Gasteiger partial charge in [0.05, 0.1) is 6.61 Å². The molecule has 0 N–H and O–H groups in total. The number of carbonyl (C=O) groups excluding carboxylic acids is 1. The Morgan fingerprint density at radius 3 is 2.44 bits per heavy atom. The van der Waals surface area contributed by atoms with Crippen LogP contribution in [0.2, 0.25) is 19.1 Å². The smallest absolute Gasteiger partial charge is 0.302 e. The molecule has 0 radical (unpaired) electrons. The molecule has 0 saturated carbocycles. The molecular weight excluding hydrogens is 132 g/mol. The van der Waals surface area contributed by atoms with Crippen LogP contribution in [-0.4, -0.2) is 21.4 Å².